The predicted octanol–water partition coefficient (Wildman–Crippen LogP) is 2.07. The third-order valence-electron chi connectivity index (χ3n) is 3.55. The van der Waals surface area contributed by atoms with E-state index in [0.29, 0.717) is 18.1 Å². The number of hydrogen-bond acceptors (Lipinski definition) is 5. The summed E-state index contributed by atoms with van der Waals surface area (Å²) in [5.74, 6) is -0.342. The Bertz CT molecular complexity index is 514. The Kier molecular flexibility index (Phi) is 3.64. The second kappa shape index (κ2) is 5.26. The van der Waals surface area contributed by atoms with Crippen molar-refractivity contribution < 1.29 is 9.59 Å². The molecule has 3 heterocycles. The van der Waals surface area contributed by atoms with Gasteiger partial charge in [-0.1, -0.05) is 6.92 Å². The zero-order chi connectivity index (χ0) is 13.4. The number of carbonyl (C=O) groups is 2. The average Bonchev–Trinajstić information content (AvgIpc) is 2.80. The second-order valence-electron chi connectivity index (χ2n) is 5.05. The minimum Gasteiger partial charge on any atom is -0.299 e. The van der Waals surface area contributed by atoms with Crippen LogP contribution in [0, 0.1) is 0 Å². The minimum atomic E-state index is -0.245. The normalized spacial score (nSPS) is 30.9. The largest absolute Gasteiger partial charge is 0.299 e. The smallest absolute Gasteiger partial charge is 0.243 e. The van der Waals surface area contributed by atoms with Gasteiger partial charge in [-0.05, 0) is 29.9 Å². The van der Waals surface area contributed by atoms with Gasteiger partial charge in [-0.15, -0.1) is 23.1 Å². The molecule has 6 heteroatoms. The van der Waals surface area contributed by atoms with Gasteiger partial charge in [-0.25, -0.2) is 0 Å². The Morgan fingerprint density at radius 2 is 2.21 bits per heavy atom. The lowest BCUT2D eigenvalue weighted by Gasteiger charge is -2.32. The minimum absolute atomic E-state index is 0.160. The van der Waals surface area contributed by atoms with E-state index < -0.39 is 0 Å². The number of thiophene rings is 1. The third kappa shape index (κ3) is 2.70. The number of amides is 2. The maximum atomic E-state index is 11.8. The van der Waals surface area contributed by atoms with E-state index in [4.69, 9.17) is 0 Å². The first-order valence-electron chi connectivity index (χ1n) is 6.47. The van der Waals surface area contributed by atoms with E-state index in [2.05, 4.69) is 29.0 Å². The van der Waals surface area contributed by atoms with Gasteiger partial charge in [0, 0.05) is 17.7 Å². The zero-order valence-corrected chi connectivity index (χ0v) is 12.3. The lowest BCUT2D eigenvalue weighted by atomic mass is 10.00. The number of rotatable bonds is 2. The first kappa shape index (κ1) is 13.1. The van der Waals surface area contributed by atoms with Crippen molar-refractivity contribution in [1.29, 1.82) is 0 Å². The van der Waals surface area contributed by atoms with Crippen LogP contribution < -0.4 is 10.6 Å². The quantitative estimate of drug-likeness (QED) is 0.820. The number of thioether (sulfide) groups is 1. The van der Waals surface area contributed by atoms with Crippen molar-refractivity contribution in [3.8, 4) is 0 Å². The summed E-state index contributed by atoms with van der Waals surface area (Å²) in [6, 6.07) is 2.12. The number of imide groups is 1. The molecule has 1 fully saturated rings. The van der Waals surface area contributed by atoms with Gasteiger partial charge >= 0.3 is 0 Å². The summed E-state index contributed by atoms with van der Waals surface area (Å²) < 4.78 is 1.35. The van der Waals surface area contributed by atoms with Crippen molar-refractivity contribution in [2.24, 2.45) is 0 Å². The molecule has 2 unspecified atom stereocenters. The number of carbonyl (C=O) groups excluding carboxylic acids is 2. The van der Waals surface area contributed by atoms with Gasteiger partial charge in [-0.2, -0.15) is 0 Å². The van der Waals surface area contributed by atoms with Crippen LogP contribution in [-0.2, 0) is 9.59 Å². The molecule has 2 amide bonds. The van der Waals surface area contributed by atoms with Crippen LogP contribution in [0.3, 0.4) is 0 Å². The van der Waals surface area contributed by atoms with Gasteiger partial charge in [0.15, 0.2) is 0 Å². The van der Waals surface area contributed by atoms with E-state index >= 15 is 0 Å². The molecule has 2 aliphatic rings. The molecule has 3 atom stereocenters. The van der Waals surface area contributed by atoms with E-state index in [0.717, 1.165) is 6.42 Å². The van der Waals surface area contributed by atoms with Crippen LogP contribution in [0.4, 0.5) is 0 Å². The molecular weight excluding hydrogens is 280 g/mol. The number of nitrogens with one attached hydrogen (secondary N) is 2. The van der Waals surface area contributed by atoms with Gasteiger partial charge in [0.1, 0.15) is 0 Å². The van der Waals surface area contributed by atoms with Crippen LogP contribution in [-0.4, -0.2) is 23.1 Å². The highest BCUT2D eigenvalue weighted by Gasteiger charge is 2.32. The molecule has 0 aromatic carbocycles. The summed E-state index contributed by atoms with van der Waals surface area (Å²) in [5.41, 5.74) is 1.30. The summed E-state index contributed by atoms with van der Waals surface area (Å²) >= 11 is 3.67. The fraction of sp³-hybridized carbons (Fsp3) is 0.538. The molecule has 3 rings (SSSR count). The summed E-state index contributed by atoms with van der Waals surface area (Å²) in [7, 11) is 0. The molecule has 1 aromatic heterocycles. The van der Waals surface area contributed by atoms with E-state index in [1.54, 1.807) is 11.3 Å². The first-order valence-corrected chi connectivity index (χ1v) is 8.23. The molecule has 102 valence electrons. The van der Waals surface area contributed by atoms with E-state index in [1.165, 1.54) is 9.77 Å². The molecule has 1 aromatic rings. The van der Waals surface area contributed by atoms with Gasteiger partial charge in [0.25, 0.3) is 0 Å². The summed E-state index contributed by atoms with van der Waals surface area (Å²) in [5, 5.41) is 8.49. The third-order valence-corrected chi connectivity index (χ3v) is 5.90. The Morgan fingerprint density at radius 1 is 1.37 bits per heavy atom. The summed E-state index contributed by atoms with van der Waals surface area (Å²) in [6.45, 7) is 2.21. The van der Waals surface area contributed by atoms with Gasteiger partial charge in [0.2, 0.25) is 11.8 Å². The molecule has 0 bridgehead atoms. The Morgan fingerprint density at radius 3 is 3.00 bits per heavy atom. The van der Waals surface area contributed by atoms with Gasteiger partial charge in [0.05, 0.1) is 10.3 Å². The highest BCUT2D eigenvalue weighted by Crippen LogP contribution is 2.43. The van der Waals surface area contributed by atoms with Crippen LogP contribution in [0.25, 0.3) is 0 Å². The topological polar surface area (TPSA) is 58.2 Å². The van der Waals surface area contributed by atoms with Crippen molar-refractivity contribution in [3.05, 3.63) is 17.0 Å². The van der Waals surface area contributed by atoms with Crippen LogP contribution in [0.2, 0.25) is 0 Å². The van der Waals surface area contributed by atoms with Gasteiger partial charge in [-0.3, -0.25) is 20.2 Å². The molecule has 1 saturated heterocycles. The predicted molar refractivity (Wildman–Crippen MR) is 76.3 cm³/mol. The van der Waals surface area contributed by atoms with Crippen molar-refractivity contribution in [3.63, 3.8) is 0 Å². The van der Waals surface area contributed by atoms with Crippen LogP contribution in [0.15, 0.2) is 15.7 Å². The average molecular weight is 296 g/mol. The monoisotopic (exact) mass is 296 g/mol. The van der Waals surface area contributed by atoms with Crippen molar-refractivity contribution in [2.45, 2.75) is 47.7 Å². The van der Waals surface area contributed by atoms with E-state index in [-0.39, 0.29) is 23.9 Å². The molecule has 0 spiro atoms. The molecule has 0 radical (unpaired) electrons. The fourth-order valence-corrected chi connectivity index (χ4v) is 5.17. The number of hydrogen-bond donors (Lipinski definition) is 2. The van der Waals surface area contributed by atoms with Crippen molar-refractivity contribution >= 4 is 34.9 Å². The molecule has 2 N–H and O–H groups in total. The molecule has 4 nitrogen and oxygen atoms in total. The zero-order valence-electron chi connectivity index (χ0n) is 10.6. The molecule has 2 aliphatic heterocycles. The summed E-state index contributed by atoms with van der Waals surface area (Å²) in [6.07, 6.45) is 2.05. The Hall–Kier alpha value is -0.850. The maximum Gasteiger partial charge on any atom is 0.243 e. The van der Waals surface area contributed by atoms with Crippen molar-refractivity contribution in [2.75, 3.05) is 0 Å². The van der Waals surface area contributed by atoms with E-state index in [1.807, 2.05) is 11.8 Å². The Balaban J connectivity index is 1.74. The Labute approximate surface area is 120 Å². The molecular formula is C13H16N2O2S2. The highest BCUT2D eigenvalue weighted by atomic mass is 32.2. The highest BCUT2D eigenvalue weighted by molar-refractivity contribution is 8.01. The molecule has 19 heavy (non-hydrogen) atoms. The van der Waals surface area contributed by atoms with Crippen LogP contribution in [0.1, 0.15) is 37.8 Å². The van der Waals surface area contributed by atoms with E-state index in [9.17, 15) is 9.59 Å². The first-order chi connectivity index (χ1) is 9.13. The van der Waals surface area contributed by atoms with Crippen molar-refractivity contribution in [1.82, 2.24) is 10.6 Å². The standard InChI is InChI=1S/C13H16N2O2S2/c1-7-6-10(8-4-5-18-13(8)19-7)14-9-2-3-11(16)15-12(9)17/h4-5,7,9-10,14H,2-3,6H2,1H3,(H,15,16,17)/t7-,9?,10?/m0/s1. The maximum absolute atomic E-state index is 11.8. The van der Waals surface area contributed by atoms with Crippen LogP contribution >= 0.6 is 23.1 Å². The second-order valence-corrected chi connectivity index (χ2v) is 7.67. The number of fused-ring (bicyclic) bond motifs is 1. The lowest BCUT2D eigenvalue weighted by molar-refractivity contribution is -0.134. The fourth-order valence-electron chi connectivity index (χ4n) is 2.60. The lowest BCUT2D eigenvalue weighted by Crippen LogP contribution is -2.51. The molecule has 0 saturated carbocycles. The molecule has 0 aliphatic carbocycles. The number of piperidine rings is 1. The van der Waals surface area contributed by atoms with Crippen LogP contribution in [0.5, 0.6) is 0 Å². The van der Waals surface area contributed by atoms with Gasteiger partial charge < -0.3 is 0 Å². The summed E-state index contributed by atoms with van der Waals surface area (Å²) in [4.78, 5) is 23.0. The SMILES string of the molecule is C[C@H]1CC(NC2CCC(=O)NC2=O)c2ccsc2S1.